The highest BCUT2D eigenvalue weighted by molar-refractivity contribution is 7.98. The zero-order valence-electron chi connectivity index (χ0n) is 18.0. The molecule has 0 aromatic heterocycles. The van der Waals surface area contributed by atoms with Crippen molar-refractivity contribution < 1.29 is 4.74 Å². The molecule has 0 radical (unpaired) electrons. The summed E-state index contributed by atoms with van der Waals surface area (Å²) in [5.41, 5.74) is 1.36. The molecule has 1 aliphatic rings. The van der Waals surface area contributed by atoms with Crippen molar-refractivity contribution in [3.63, 3.8) is 0 Å². The van der Waals surface area contributed by atoms with Gasteiger partial charge in [-0.25, -0.2) is 0 Å². The molecule has 0 spiro atoms. The minimum Gasteiger partial charge on any atom is -0.497 e. The second kappa shape index (κ2) is 12.9. The Kier molecular flexibility index (Phi) is 10.6. The number of nitrogens with one attached hydrogen (secondary N) is 2. The number of rotatable bonds is 10. The summed E-state index contributed by atoms with van der Waals surface area (Å²) in [6.45, 7) is 5.99. The Hall–Kier alpha value is -1.40. The first-order chi connectivity index (χ1) is 13.7. The maximum Gasteiger partial charge on any atom is 0.191 e. The molecule has 2 atom stereocenters. The number of nitrogens with zero attached hydrogens (tertiary/aromatic N) is 2. The Morgan fingerprint density at radius 2 is 2.04 bits per heavy atom. The molecule has 2 N–H and O–H groups in total. The van der Waals surface area contributed by atoms with Gasteiger partial charge in [0.1, 0.15) is 5.75 Å². The van der Waals surface area contributed by atoms with Crippen LogP contribution in [0.5, 0.6) is 5.75 Å². The number of aliphatic imine (C=N–C) groups is 1. The quantitative estimate of drug-likeness (QED) is 0.352. The van der Waals surface area contributed by atoms with Gasteiger partial charge in [0.15, 0.2) is 5.96 Å². The van der Waals surface area contributed by atoms with Crippen molar-refractivity contribution in [3.8, 4) is 5.75 Å². The minimum atomic E-state index is 0.410. The van der Waals surface area contributed by atoms with Crippen molar-refractivity contribution in [1.29, 1.82) is 0 Å². The molecule has 0 saturated carbocycles. The second-order valence-corrected chi connectivity index (χ2v) is 8.43. The lowest BCUT2D eigenvalue weighted by Crippen LogP contribution is -2.40. The van der Waals surface area contributed by atoms with Crippen LogP contribution in [0.1, 0.15) is 44.2 Å². The molecule has 0 amide bonds. The lowest BCUT2D eigenvalue weighted by atomic mass is 9.85. The van der Waals surface area contributed by atoms with Gasteiger partial charge in [0.25, 0.3) is 0 Å². The Morgan fingerprint density at radius 1 is 1.25 bits per heavy atom. The molecule has 1 aromatic carbocycles. The molecular formula is C22H38N4OS. The smallest absolute Gasteiger partial charge is 0.191 e. The van der Waals surface area contributed by atoms with Crippen LogP contribution in [0.15, 0.2) is 29.3 Å². The Bertz CT molecular complexity index is 578. The molecule has 0 aliphatic carbocycles. The summed E-state index contributed by atoms with van der Waals surface area (Å²) in [4.78, 5) is 7.42. The van der Waals surface area contributed by atoms with Gasteiger partial charge in [0.2, 0.25) is 0 Å². The van der Waals surface area contributed by atoms with Crippen LogP contribution in [-0.2, 0) is 0 Å². The molecule has 158 valence electrons. The van der Waals surface area contributed by atoms with E-state index in [9.17, 15) is 0 Å². The number of piperidine rings is 1. The van der Waals surface area contributed by atoms with E-state index in [1.165, 1.54) is 37.0 Å². The molecule has 28 heavy (non-hydrogen) atoms. The monoisotopic (exact) mass is 406 g/mol. The Balaban J connectivity index is 2.00. The van der Waals surface area contributed by atoms with E-state index < -0.39 is 0 Å². The third kappa shape index (κ3) is 7.21. The SMILES string of the molecule is CCNC(=NCC1CCCN(C)C1c1ccc(OC)cc1)NCCCCSC. The fourth-order valence-electron chi connectivity index (χ4n) is 3.91. The van der Waals surface area contributed by atoms with E-state index in [-0.39, 0.29) is 0 Å². The number of methoxy groups -OCH3 is 1. The van der Waals surface area contributed by atoms with Gasteiger partial charge < -0.3 is 15.4 Å². The van der Waals surface area contributed by atoms with Crippen LogP contribution in [-0.4, -0.2) is 63.2 Å². The van der Waals surface area contributed by atoms with E-state index in [0.29, 0.717) is 12.0 Å². The van der Waals surface area contributed by atoms with Crippen molar-refractivity contribution in [2.24, 2.45) is 10.9 Å². The van der Waals surface area contributed by atoms with Gasteiger partial charge >= 0.3 is 0 Å². The predicted molar refractivity (Wildman–Crippen MR) is 123 cm³/mol. The average molecular weight is 407 g/mol. The van der Waals surface area contributed by atoms with Gasteiger partial charge in [0.05, 0.1) is 7.11 Å². The van der Waals surface area contributed by atoms with Crippen LogP contribution in [0.25, 0.3) is 0 Å². The maximum absolute atomic E-state index is 5.32. The number of guanidine groups is 1. The molecule has 5 nitrogen and oxygen atoms in total. The number of likely N-dealkylation sites (tertiary alicyclic amines) is 1. The number of unbranched alkanes of at least 4 members (excludes halogenated alkanes) is 1. The molecule has 1 aromatic rings. The van der Waals surface area contributed by atoms with Crippen molar-refractivity contribution in [2.75, 3.05) is 52.3 Å². The number of hydrogen-bond donors (Lipinski definition) is 2. The number of hydrogen-bond acceptors (Lipinski definition) is 4. The normalized spacial score (nSPS) is 20.8. The van der Waals surface area contributed by atoms with Gasteiger partial charge in [-0.3, -0.25) is 9.89 Å². The number of benzene rings is 1. The molecule has 2 unspecified atom stereocenters. The topological polar surface area (TPSA) is 48.9 Å². The zero-order valence-corrected chi connectivity index (χ0v) is 18.9. The van der Waals surface area contributed by atoms with Gasteiger partial charge in [-0.05, 0) is 81.8 Å². The summed E-state index contributed by atoms with van der Waals surface area (Å²) in [7, 11) is 3.95. The third-order valence-electron chi connectivity index (χ3n) is 5.36. The summed E-state index contributed by atoms with van der Waals surface area (Å²) in [5.74, 6) is 3.62. The largest absolute Gasteiger partial charge is 0.497 e. The summed E-state index contributed by atoms with van der Waals surface area (Å²) >= 11 is 1.91. The highest BCUT2D eigenvalue weighted by atomic mass is 32.2. The summed E-state index contributed by atoms with van der Waals surface area (Å²) < 4.78 is 5.32. The van der Waals surface area contributed by atoms with Gasteiger partial charge in [0, 0.05) is 25.7 Å². The molecule has 1 fully saturated rings. The number of thioether (sulfide) groups is 1. The predicted octanol–water partition coefficient (Wildman–Crippen LogP) is 3.78. The highest BCUT2D eigenvalue weighted by Gasteiger charge is 2.30. The van der Waals surface area contributed by atoms with Gasteiger partial charge in [-0.1, -0.05) is 12.1 Å². The number of ether oxygens (including phenoxy) is 1. The van der Waals surface area contributed by atoms with Crippen molar-refractivity contribution in [2.45, 2.75) is 38.6 Å². The van der Waals surface area contributed by atoms with E-state index in [4.69, 9.17) is 9.73 Å². The van der Waals surface area contributed by atoms with Crippen molar-refractivity contribution in [3.05, 3.63) is 29.8 Å². The third-order valence-corrected chi connectivity index (χ3v) is 6.06. The fourth-order valence-corrected chi connectivity index (χ4v) is 4.40. The summed E-state index contributed by atoms with van der Waals surface area (Å²) in [6, 6.07) is 8.96. The van der Waals surface area contributed by atoms with Crippen LogP contribution >= 0.6 is 11.8 Å². The Labute approximate surface area is 175 Å². The van der Waals surface area contributed by atoms with Gasteiger partial charge in [-0.2, -0.15) is 11.8 Å². The highest BCUT2D eigenvalue weighted by Crippen LogP contribution is 2.35. The van der Waals surface area contributed by atoms with E-state index >= 15 is 0 Å². The standard InChI is InChI=1S/C22H38N4OS/c1-5-23-22(24-14-6-7-16-28-4)25-17-19-9-8-15-26(2)21(19)18-10-12-20(27-3)13-11-18/h10-13,19,21H,5-9,14-17H2,1-4H3,(H2,23,24,25). The molecule has 2 rings (SSSR count). The van der Waals surface area contributed by atoms with Gasteiger partial charge in [-0.15, -0.1) is 0 Å². The summed E-state index contributed by atoms with van der Waals surface area (Å²) in [6.07, 6.45) is 7.06. The molecule has 6 heteroatoms. The minimum absolute atomic E-state index is 0.410. The lowest BCUT2D eigenvalue weighted by Gasteiger charge is -2.39. The van der Waals surface area contributed by atoms with Crippen molar-refractivity contribution in [1.82, 2.24) is 15.5 Å². The second-order valence-electron chi connectivity index (χ2n) is 7.45. The van der Waals surface area contributed by atoms with Crippen LogP contribution in [0.4, 0.5) is 0 Å². The van der Waals surface area contributed by atoms with E-state index in [1.54, 1.807) is 7.11 Å². The lowest BCUT2D eigenvalue weighted by molar-refractivity contribution is 0.125. The molecule has 1 saturated heterocycles. The van der Waals surface area contributed by atoms with Crippen LogP contribution in [0, 0.1) is 5.92 Å². The van der Waals surface area contributed by atoms with Crippen LogP contribution in [0.3, 0.4) is 0 Å². The first-order valence-corrected chi connectivity index (χ1v) is 11.9. The Morgan fingerprint density at radius 3 is 2.71 bits per heavy atom. The molecule has 1 aliphatic heterocycles. The zero-order chi connectivity index (χ0) is 20.2. The first-order valence-electron chi connectivity index (χ1n) is 10.5. The van der Waals surface area contributed by atoms with E-state index in [0.717, 1.165) is 37.9 Å². The van der Waals surface area contributed by atoms with Crippen molar-refractivity contribution >= 4 is 17.7 Å². The fraction of sp³-hybridized carbons (Fsp3) is 0.682. The summed E-state index contributed by atoms with van der Waals surface area (Å²) in [5, 5.41) is 6.90. The molecular weight excluding hydrogens is 368 g/mol. The van der Waals surface area contributed by atoms with Crippen LogP contribution in [0.2, 0.25) is 0 Å². The molecule has 0 bridgehead atoms. The first kappa shape index (κ1) is 22.9. The molecule has 1 heterocycles. The maximum atomic E-state index is 5.32. The average Bonchev–Trinajstić information content (AvgIpc) is 2.72. The van der Waals surface area contributed by atoms with E-state index in [2.05, 4.69) is 60.0 Å². The van der Waals surface area contributed by atoms with Crippen LogP contribution < -0.4 is 15.4 Å². The van der Waals surface area contributed by atoms with E-state index in [1.807, 2.05) is 11.8 Å².